The van der Waals surface area contributed by atoms with Crippen LogP contribution in [0.1, 0.15) is 24.0 Å². The Morgan fingerprint density at radius 1 is 1.18 bits per heavy atom. The van der Waals surface area contributed by atoms with Crippen LogP contribution in [0.25, 0.3) is 11.0 Å². The summed E-state index contributed by atoms with van der Waals surface area (Å²) >= 11 is 0. The number of piperidine rings is 1. The van der Waals surface area contributed by atoms with Gasteiger partial charge in [0.25, 0.3) is 0 Å². The molecule has 2 aromatic heterocycles. The number of aromatic nitrogens is 4. The van der Waals surface area contributed by atoms with Crippen LogP contribution in [0.15, 0.2) is 36.8 Å². The zero-order valence-electron chi connectivity index (χ0n) is 15.4. The molecule has 1 aliphatic rings. The summed E-state index contributed by atoms with van der Waals surface area (Å²) in [5.41, 5.74) is 0.874. The van der Waals surface area contributed by atoms with Crippen molar-refractivity contribution >= 4 is 16.9 Å². The van der Waals surface area contributed by atoms with Gasteiger partial charge in [-0.3, -0.25) is 9.58 Å². The normalized spacial score (nSPS) is 16.6. The van der Waals surface area contributed by atoms with Crippen LogP contribution in [0.5, 0.6) is 0 Å². The van der Waals surface area contributed by atoms with E-state index in [2.05, 4.69) is 25.3 Å². The van der Waals surface area contributed by atoms with Crippen molar-refractivity contribution < 1.29 is 13.2 Å². The Morgan fingerprint density at radius 3 is 2.71 bits per heavy atom. The Labute approximate surface area is 160 Å². The summed E-state index contributed by atoms with van der Waals surface area (Å²) in [5, 5.41) is 8.57. The first kappa shape index (κ1) is 18.7. The number of hydrogen-bond acceptors (Lipinski definition) is 5. The van der Waals surface area contributed by atoms with Gasteiger partial charge in [-0.15, -0.1) is 0 Å². The second-order valence-corrected chi connectivity index (χ2v) is 7.12. The average Bonchev–Trinajstić information content (AvgIpc) is 3.05. The van der Waals surface area contributed by atoms with E-state index in [9.17, 15) is 13.2 Å². The number of alkyl halides is 3. The molecule has 0 radical (unpaired) electrons. The molecular formula is C19H21F3N6. The van der Waals surface area contributed by atoms with Crippen LogP contribution in [-0.2, 0) is 19.8 Å². The average molecular weight is 390 g/mol. The minimum absolute atomic E-state index is 0.260. The largest absolute Gasteiger partial charge is 0.416 e. The van der Waals surface area contributed by atoms with E-state index < -0.39 is 11.7 Å². The molecule has 1 fully saturated rings. The molecule has 0 atom stereocenters. The number of benzene rings is 1. The van der Waals surface area contributed by atoms with E-state index >= 15 is 0 Å². The predicted molar refractivity (Wildman–Crippen MR) is 99.7 cm³/mol. The van der Waals surface area contributed by atoms with Gasteiger partial charge in [0.1, 0.15) is 12.1 Å². The number of aryl methyl sites for hydroxylation is 1. The van der Waals surface area contributed by atoms with Crippen LogP contribution in [0.3, 0.4) is 0 Å². The van der Waals surface area contributed by atoms with E-state index in [0.717, 1.165) is 48.8 Å². The highest BCUT2D eigenvalue weighted by molar-refractivity contribution is 5.86. The molecule has 1 aliphatic heterocycles. The third-order valence-electron chi connectivity index (χ3n) is 5.12. The van der Waals surface area contributed by atoms with Crippen LogP contribution in [0.2, 0.25) is 0 Å². The van der Waals surface area contributed by atoms with E-state index in [1.165, 1.54) is 18.5 Å². The van der Waals surface area contributed by atoms with Gasteiger partial charge in [0.2, 0.25) is 0 Å². The lowest BCUT2D eigenvalue weighted by atomic mass is 10.0. The summed E-state index contributed by atoms with van der Waals surface area (Å²) in [4.78, 5) is 10.8. The van der Waals surface area contributed by atoms with Crippen LogP contribution in [-0.4, -0.2) is 43.8 Å². The first-order chi connectivity index (χ1) is 13.4. The first-order valence-electron chi connectivity index (χ1n) is 9.18. The second kappa shape index (κ2) is 7.38. The van der Waals surface area contributed by atoms with Crippen molar-refractivity contribution in [2.75, 3.05) is 18.4 Å². The number of nitrogens with one attached hydrogen (secondary N) is 1. The summed E-state index contributed by atoms with van der Waals surface area (Å²) in [5.74, 6) is 0.773. The molecule has 148 valence electrons. The molecule has 4 rings (SSSR count). The van der Waals surface area contributed by atoms with Gasteiger partial charge in [-0.1, -0.05) is 18.2 Å². The van der Waals surface area contributed by atoms with Gasteiger partial charge >= 0.3 is 6.18 Å². The van der Waals surface area contributed by atoms with Crippen molar-refractivity contribution in [3.63, 3.8) is 0 Å². The number of hydrogen-bond donors (Lipinski definition) is 1. The van der Waals surface area contributed by atoms with Gasteiger partial charge in [0.05, 0.1) is 17.1 Å². The highest BCUT2D eigenvalue weighted by Crippen LogP contribution is 2.30. The molecule has 3 heterocycles. The summed E-state index contributed by atoms with van der Waals surface area (Å²) in [7, 11) is 1.84. The smallest absolute Gasteiger partial charge is 0.367 e. The monoisotopic (exact) mass is 390 g/mol. The number of likely N-dealkylation sites (tertiary alicyclic amines) is 1. The molecule has 0 unspecified atom stereocenters. The zero-order chi connectivity index (χ0) is 19.7. The van der Waals surface area contributed by atoms with Crippen molar-refractivity contribution in [1.29, 1.82) is 0 Å². The molecule has 0 saturated carbocycles. The maximum Gasteiger partial charge on any atom is 0.416 e. The summed E-state index contributed by atoms with van der Waals surface area (Å²) in [6.45, 7) is 2.15. The highest BCUT2D eigenvalue weighted by Gasteiger charge is 2.30. The van der Waals surface area contributed by atoms with Crippen LogP contribution in [0.4, 0.5) is 19.0 Å². The lowest BCUT2D eigenvalue weighted by Crippen LogP contribution is -2.38. The molecule has 0 spiro atoms. The quantitative estimate of drug-likeness (QED) is 0.739. The maximum absolute atomic E-state index is 12.9. The second-order valence-electron chi connectivity index (χ2n) is 7.12. The van der Waals surface area contributed by atoms with Crippen LogP contribution < -0.4 is 5.32 Å². The number of halogens is 3. The van der Waals surface area contributed by atoms with Gasteiger partial charge in [-0.05, 0) is 24.5 Å². The minimum Gasteiger partial charge on any atom is -0.367 e. The topological polar surface area (TPSA) is 58.9 Å². The third kappa shape index (κ3) is 3.94. The van der Waals surface area contributed by atoms with Gasteiger partial charge in [-0.2, -0.15) is 18.3 Å². The number of rotatable bonds is 4. The Morgan fingerprint density at radius 2 is 1.96 bits per heavy atom. The zero-order valence-corrected chi connectivity index (χ0v) is 15.4. The van der Waals surface area contributed by atoms with Gasteiger partial charge in [0.15, 0.2) is 5.65 Å². The SMILES string of the molecule is Cn1ncc2c(NC3CCN(Cc4cccc(C(F)(F)F)c4)CC3)ncnc21. The lowest BCUT2D eigenvalue weighted by molar-refractivity contribution is -0.137. The molecule has 28 heavy (non-hydrogen) atoms. The first-order valence-corrected chi connectivity index (χ1v) is 9.18. The van der Waals surface area contributed by atoms with Crippen molar-refractivity contribution in [3.8, 4) is 0 Å². The molecule has 6 nitrogen and oxygen atoms in total. The van der Waals surface area contributed by atoms with Crippen molar-refractivity contribution in [2.24, 2.45) is 7.05 Å². The molecule has 1 saturated heterocycles. The molecule has 1 N–H and O–H groups in total. The van der Waals surface area contributed by atoms with E-state index in [1.54, 1.807) is 16.9 Å². The fourth-order valence-corrected chi connectivity index (χ4v) is 3.61. The van der Waals surface area contributed by atoms with E-state index in [-0.39, 0.29) is 6.04 Å². The van der Waals surface area contributed by atoms with Crippen LogP contribution in [0, 0.1) is 0 Å². The van der Waals surface area contributed by atoms with Crippen LogP contribution >= 0.6 is 0 Å². The summed E-state index contributed by atoms with van der Waals surface area (Å²) < 4.78 is 40.3. The Hall–Kier alpha value is -2.68. The highest BCUT2D eigenvalue weighted by atomic mass is 19.4. The molecular weight excluding hydrogens is 369 g/mol. The molecule has 1 aromatic carbocycles. The van der Waals surface area contributed by atoms with Gasteiger partial charge < -0.3 is 5.32 Å². The standard InChI is InChI=1S/C19H21F3N6/c1-27-18-16(10-25-27)17(23-12-24-18)26-15-5-7-28(8-6-15)11-13-3-2-4-14(9-13)19(20,21)22/h2-4,9-10,12,15H,5-8,11H2,1H3,(H,23,24,26). The predicted octanol–water partition coefficient (Wildman–Crippen LogP) is 3.46. The Kier molecular flexibility index (Phi) is 4.92. The molecule has 9 heteroatoms. The fourth-order valence-electron chi connectivity index (χ4n) is 3.61. The van der Waals surface area contributed by atoms with E-state index in [0.29, 0.717) is 12.1 Å². The Balaban J connectivity index is 1.36. The Bertz CT molecular complexity index is 960. The van der Waals surface area contributed by atoms with Crippen molar-refractivity contribution in [2.45, 2.75) is 31.6 Å². The van der Waals surface area contributed by atoms with Crippen molar-refractivity contribution in [3.05, 3.63) is 47.9 Å². The van der Waals surface area contributed by atoms with Gasteiger partial charge in [-0.25, -0.2) is 9.97 Å². The summed E-state index contributed by atoms with van der Waals surface area (Å²) in [6, 6.07) is 5.83. The molecule has 0 aliphatic carbocycles. The minimum atomic E-state index is -4.30. The van der Waals surface area contributed by atoms with E-state index in [1.807, 2.05) is 7.05 Å². The number of anilines is 1. The number of nitrogens with zero attached hydrogens (tertiary/aromatic N) is 5. The summed E-state index contributed by atoms with van der Waals surface area (Å²) in [6.07, 6.45) is 0.757. The van der Waals surface area contributed by atoms with E-state index in [4.69, 9.17) is 0 Å². The fraction of sp³-hybridized carbons (Fsp3) is 0.421. The maximum atomic E-state index is 12.9. The number of fused-ring (bicyclic) bond motifs is 1. The lowest BCUT2D eigenvalue weighted by Gasteiger charge is -2.32. The third-order valence-corrected chi connectivity index (χ3v) is 5.12. The molecule has 0 bridgehead atoms. The van der Waals surface area contributed by atoms with Gasteiger partial charge in [0, 0.05) is 32.7 Å². The molecule has 3 aromatic rings. The molecule has 0 amide bonds. The van der Waals surface area contributed by atoms with Crippen molar-refractivity contribution in [1.82, 2.24) is 24.6 Å².